The second-order valence-electron chi connectivity index (χ2n) is 20.2. The summed E-state index contributed by atoms with van der Waals surface area (Å²) in [7, 11) is 0. The Labute approximate surface area is 450 Å². The van der Waals surface area contributed by atoms with Crippen molar-refractivity contribution in [2.45, 2.75) is 105 Å². The van der Waals surface area contributed by atoms with Gasteiger partial charge < -0.3 is 40.5 Å². The number of amides is 4. The number of nitrogens with one attached hydrogen (secondary N) is 3. The average molecular weight is 1070 g/mol. The fourth-order valence-corrected chi connectivity index (χ4v) is 11.4. The van der Waals surface area contributed by atoms with Gasteiger partial charge in [-0.25, -0.2) is 4.98 Å². The minimum atomic E-state index is -1.08. The number of aromatic nitrogens is 4. The van der Waals surface area contributed by atoms with Gasteiger partial charge in [0.15, 0.2) is 12.4 Å². The highest BCUT2D eigenvalue weighted by Crippen LogP contribution is 2.40. The van der Waals surface area contributed by atoms with E-state index in [0.29, 0.717) is 43.5 Å². The van der Waals surface area contributed by atoms with Crippen LogP contribution in [0.25, 0.3) is 26.6 Å². The van der Waals surface area contributed by atoms with Crippen LogP contribution in [0.2, 0.25) is 0 Å². The van der Waals surface area contributed by atoms with Gasteiger partial charge in [0.25, 0.3) is 5.91 Å². The molecule has 1 fully saturated rings. The van der Waals surface area contributed by atoms with Gasteiger partial charge in [0, 0.05) is 48.7 Å². The maximum Gasteiger partial charge on any atom is 0.258 e. The summed E-state index contributed by atoms with van der Waals surface area (Å²) in [6, 6.07) is 19.9. The summed E-state index contributed by atoms with van der Waals surface area (Å²) in [5.41, 5.74) is 9.09. The molecule has 4 amide bonds. The predicted octanol–water partition coefficient (Wildman–Crippen LogP) is 6.77. The van der Waals surface area contributed by atoms with E-state index in [9.17, 15) is 29.5 Å². The topological polar surface area (TPSA) is 246 Å². The third kappa shape index (κ3) is 12.2. The number of thiophene rings is 1. The number of nitriles is 1. The summed E-state index contributed by atoms with van der Waals surface area (Å²) in [6.07, 6.45) is -0.338. The first-order valence-electron chi connectivity index (χ1n) is 25.3. The van der Waals surface area contributed by atoms with Gasteiger partial charge in [0.05, 0.1) is 52.5 Å². The number of hydrogen-bond acceptors (Lipinski definition) is 15. The maximum absolute atomic E-state index is 14.3. The highest BCUT2D eigenvalue weighted by atomic mass is 32.1. The van der Waals surface area contributed by atoms with E-state index in [1.807, 2.05) is 73.9 Å². The number of rotatable bonds is 19. The summed E-state index contributed by atoms with van der Waals surface area (Å²) in [4.78, 5) is 68.2. The van der Waals surface area contributed by atoms with Gasteiger partial charge in [-0.15, -0.1) is 32.9 Å². The van der Waals surface area contributed by atoms with Gasteiger partial charge in [0.2, 0.25) is 17.7 Å². The van der Waals surface area contributed by atoms with Crippen LogP contribution in [-0.2, 0) is 23.9 Å². The Morgan fingerprint density at radius 3 is 2.32 bits per heavy atom. The zero-order valence-electron chi connectivity index (χ0n) is 44.0. The SMILES string of the molecule is Cc1ncsc1-c1ccc([C@H](C)NC(=O)[C@@H]2C[C@@H](O)CN2C(=O)[C@@H](NC(=O)COc2ccc(-c3ccc(C4=N[C@@H](CC(=O)NCCOCCCO)c5nnc(C)n5-c5sc(C)c(C)c54)cc3)cc2C#N)C(C)(C)C)cc1. The van der Waals surface area contributed by atoms with E-state index in [1.54, 1.807) is 67.2 Å². The van der Waals surface area contributed by atoms with Crippen molar-refractivity contribution in [3.05, 3.63) is 122 Å². The number of carbonyl (C=O) groups excluding carboxylic acids is 4. The molecule has 5 N–H and O–H groups in total. The Morgan fingerprint density at radius 2 is 1.63 bits per heavy atom. The standard InChI is InChI=1S/C56H64N10O8S2/c1-31-34(4)76-55-48(31)49(61-43(52-64-63-35(5)66(52)55)26-46(69)58-20-23-73-22-9-21-67)38-14-12-37(13-15-38)40-18-19-45(41(24-40)27-57)74-29-47(70)62-51(56(6,7)8)54(72)65-28-42(68)25-44(65)53(71)60-32(2)36-10-16-39(17-11-36)50-33(3)59-30-75-50/h10-19,24,30,32,42-44,51,67-68H,9,20-23,25-26,28-29H2,1-8H3,(H,58,69)(H,60,71)(H,62,70)/t32-,42+,43-,44-,51+/m0/s1. The van der Waals surface area contributed by atoms with E-state index < -0.39 is 60.0 Å². The van der Waals surface area contributed by atoms with Crippen molar-refractivity contribution in [3.63, 3.8) is 0 Å². The number of nitrogens with zero attached hydrogens (tertiary/aromatic N) is 7. The van der Waals surface area contributed by atoms with Crippen LogP contribution in [0.15, 0.2) is 77.2 Å². The van der Waals surface area contributed by atoms with Crippen LogP contribution in [0.3, 0.4) is 0 Å². The number of benzene rings is 3. The van der Waals surface area contributed by atoms with Gasteiger partial charge in [0.1, 0.15) is 40.8 Å². The molecule has 5 atom stereocenters. The molecule has 0 radical (unpaired) electrons. The van der Waals surface area contributed by atoms with E-state index in [2.05, 4.69) is 51.0 Å². The van der Waals surface area contributed by atoms with E-state index in [0.717, 1.165) is 59.4 Å². The lowest BCUT2D eigenvalue weighted by Gasteiger charge is -2.35. The molecule has 18 nitrogen and oxygen atoms in total. The molecule has 2 aliphatic rings. The lowest BCUT2D eigenvalue weighted by molar-refractivity contribution is -0.144. The van der Waals surface area contributed by atoms with Gasteiger partial charge >= 0.3 is 0 Å². The van der Waals surface area contributed by atoms with E-state index in [-0.39, 0.29) is 43.2 Å². The molecule has 0 spiro atoms. The molecule has 1 saturated heterocycles. The van der Waals surface area contributed by atoms with Crippen LogP contribution in [0.1, 0.15) is 109 Å². The lowest BCUT2D eigenvalue weighted by atomic mass is 9.85. The molecule has 3 aromatic carbocycles. The quantitative estimate of drug-likeness (QED) is 0.0528. The molecular formula is C56H64N10O8S2. The van der Waals surface area contributed by atoms with Crippen molar-refractivity contribution < 1.29 is 38.9 Å². The molecule has 20 heteroatoms. The number of aryl methyl sites for hydroxylation is 3. The monoisotopic (exact) mass is 1070 g/mol. The van der Waals surface area contributed by atoms with Crippen LogP contribution in [-0.4, -0.2) is 122 Å². The average Bonchev–Trinajstić information content (AvgIpc) is 4.19. The third-order valence-electron chi connectivity index (χ3n) is 13.6. The largest absolute Gasteiger partial charge is 0.482 e. The van der Waals surface area contributed by atoms with Crippen molar-refractivity contribution >= 4 is 52.0 Å². The Balaban J connectivity index is 0.929. The molecule has 0 bridgehead atoms. The first-order chi connectivity index (χ1) is 36.4. The van der Waals surface area contributed by atoms with Crippen LogP contribution >= 0.6 is 22.7 Å². The Morgan fingerprint density at radius 1 is 0.921 bits per heavy atom. The number of β-amino-alcohol motifs (C(OH)–C–C–N with tert-alkyl or cyclic N) is 1. The zero-order valence-corrected chi connectivity index (χ0v) is 45.6. The van der Waals surface area contributed by atoms with Crippen molar-refractivity contribution in [3.8, 4) is 38.4 Å². The minimum absolute atomic E-state index is 0.0297. The number of likely N-dealkylation sites (tertiary alicyclic amines) is 1. The summed E-state index contributed by atoms with van der Waals surface area (Å²) in [5.74, 6) is -0.324. The molecule has 6 aromatic rings. The highest BCUT2D eigenvalue weighted by molar-refractivity contribution is 7.15. The van der Waals surface area contributed by atoms with Crippen molar-refractivity contribution in [1.82, 2.24) is 40.6 Å². The summed E-state index contributed by atoms with van der Waals surface area (Å²) in [6.45, 7) is 15.7. The minimum Gasteiger partial charge on any atom is -0.482 e. The Bertz CT molecular complexity index is 3170. The van der Waals surface area contributed by atoms with Gasteiger partial charge in [-0.05, 0) is 86.4 Å². The summed E-state index contributed by atoms with van der Waals surface area (Å²) >= 11 is 3.18. The van der Waals surface area contributed by atoms with E-state index >= 15 is 0 Å². The summed E-state index contributed by atoms with van der Waals surface area (Å²) < 4.78 is 13.4. The summed E-state index contributed by atoms with van der Waals surface area (Å²) in [5, 5.41) is 48.6. The van der Waals surface area contributed by atoms with E-state index in [4.69, 9.17) is 19.6 Å². The molecule has 0 unspecified atom stereocenters. The molecule has 5 heterocycles. The van der Waals surface area contributed by atoms with Crippen molar-refractivity contribution in [2.24, 2.45) is 10.4 Å². The fourth-order valence-electron chi connectivity index (χ4n) is 9.41. The van der Waals surface area contributed by atoms with Crippen LogP contribution in [0.4, 0.5) is 0 Å². The fraction of sp³-hybridized carbons (Fsp3) is 0.411. The third-order valence-corrected chi connectivity index (χ3v) is 15.8. The second kappa shape index (κ2) is 23.8. The smallest absolute Gasteiger partial charge is 0.258 e. The Hall–Kier alpha value is -7.15. The first-order valence-corrected chi connectivity index (χ1v) is 27.0. The number of aliphatic hydroxyl groups excluding tert-OH is 2. The predicted molar refractivity (Wildman–Crippen MR) is 290 cm³/mol. The number of aliphatic hydroxyl groups is 2. The normalized spacial score (nSPS) is 16.9. The zero-order chi connectivity index (χ0) is 54.4. The number of fused-ring (bicyclic) bond motifs is 3. The first kappa shape index (κ1) is 55.1. The number of carbonyl (C=O) groups is 4. The number of aliphatic imine (C=N–C) groups is 1. The van der Waals surface area contributed by atoms with Gasteiger partial charge in [-0.3, -0.25) is 28.7 Å². The molecule has 0 aliphatic carbocycles. The molecule has 8 rings (SSSR count). The number of ether oxygens (including phenoxy) is 2. The Kier molecular flexibility index (Phi) is 17.3. The molecule has 2 aliphatic heterocycles. The number of hydrogen-bond donors (Lipinski definition) is 5. The lowest BCUT2D eigenvalue weighted by Crippen LogP contribution is -2.58. The molecule has 3 aromatic heterocycles. The molecule has 76 heavy (non-hydrogen) atoms. The highest BCUT2D eigenvalue weighted by Gasteiger charge is 2.45. The maximum atomic E-state index is 14.3. The van der Waals surface area contributed by atoms with Crippen LogP contribution in [0.5, 0.6) is 5.75 Å². The molecule has 0 saturated carbocycles. The molecular weight excluding hydrogens is 1000 g/mol. The van der Waals surface area contributed by atoms with Crippen molar-refractivity contribution in [1.29, 1.82) is 5.26 Å². The van der Waals surface area contributed by atoms with Crippen LogP contribution < -0.4 is 20.7 Å². The van der Waals surface area contributed by atoms with Crippen molar-refractivity contribution in [2.75, 3.05) is 39.5 Å². The number of thiazole rings is 1. The second-order valence-corrected chi connectivity index (χ2v) is 22.3. The van der Waals surface area contributed by atoms with Gasteiger partial charge in [-0.2, -0.15) is 5.26 Å². The van der Waals surface area contributed by atoms with E-state index in [1.165, 1.54) is 4.90 Å². The molecule has 398 valence electrons. The van der Waals surface area contributed by atoms with Crippen LogP contribution in [0, 0.1) is 44.4 Å². The van der Waals surface area contributed by atoms with Gasteiger partial charge in [-0.1, -0.05) is 75.4 Å².